The zero-order valence-corrected chi connectivity index (χ0v) is 14.8. The summed E-state index contributed by atoms with van der Waals surface area (Å²) in [5.74, 6) is 0.265. The average Bonchev–Trinajstić information content (AvgIpc) is 3.07. The SMILES string of the molecule is O=C(NCC1CCCN(c2nccs2)C1)c1ccc(Cl)cc1Cl. The lowest BCUT2D eigenvalue weighted by atomic mass is 9.98. The van der Waals surface area contributed by atoms with Gasteiger partial charge in [0.25, 0.3) is 5.91 Å². The third kappa shape index (κ3) is 4.16. The molecule has 0 saturated carbocycles. The Kier molecular flexibility index (Phi) is 5.41. The molecule has 3 rings (SSSR count). The fourth-order valence-corrected chi connectivity index (χ4v) is 3.96. The van der Waals surface area contributed by atoms with Gasteiger partial charge in [0.15, 0.2) is 5.13 Å². The first kappa shape index (κ1) is 16.6. The van der Waals surface area contributed by atoms with Crippen LogP contribution in [0.3, 0.4) is 0 Å². The Bertz CT molecular complexity index is 678. The number of nitrogens with zero attached hydrogens (tertiary/aromatic N) is 2. The number of rotatable bonds is 4. The topological polar surface area (TPSA) is 45.2 Å². The minimum absolute atomic E-state index is 0.155. The Morgan fingerprint density at radius 2 is 2.30 bits per heavy atom. The van der Waals surface area contributed by atoms with Crippen LogP contribution in [0.15, 0.2) is 29.8 Å². The molecule has 1 N–H and O–H groups in total. The molecule has 1 aliphatic rings. The number of anilines is 1. The van der Waals surface area contributed by atoms with Crippen LogP contribution < -0.4 is 10.2 Å². The first-order valence-corrected chi connectivity index (χ1v) is 9.15. The molecule has 2 aromatic rings. The maximum atomic E-state index is 12.3. The van der Waals surface area contributed by atoms with Crippen molar-refractivity contribution in [2.75, 3.05) is 24.5 Å². The van der Waals surface area contributed by atoms with Gasteiger partial charge in [-0.2, -0.15) is 0 Å². The zero-order chi connectivity index (χ0) is 16.2. The lowest BCUT2D eigenvalue weighted by molar-refractivity contribution is 0.0946. The summed E-state index contributed by atoms with van der Waals surface area (Å²) in [6.07, 6.45) is 4.05. The van der Waals surface area contributed by atoms with Crippen molar-refractivity contribution in [3.8, 4) is 0 Å². The van der Waals surface area contributed by atoms with Gasteiger partial charge in [0.2, 0.25) is 0 Å². The molecule has 1 atom stereocenters. The van der Waals surface area contributed by atoms with E-state index in [0.717, 1.165) is 31.1 Å². The number of carbonyl (C=O) groups is 1. The van der Waals surface area contributed by atoms with Crippen LogP contribution in [0, 0.1) is 5.92 Å². The van der Waals surface area contributed by atoms with E-state index in [1.807, 2.05) is 11.6 Å². The van der Waals surface area contributed by atoms with Crippen molar-refractivity contribution in [3.63, 3.8) is 0 Å². The lowest BCUT2D eigenvalue weighted by Gasteiger charge is -2.32. The quantitative estimate of drug-likeness (QED) is 0.882. The molecule has 7 heteroatoms. The molecule has 4 nitrogen and oxygen atoms in total. The highest BCUT2D eigenvalue weighted by molar-refractivity contribution is 7.13. The van der Waals surface area contributed by atoms with Crippen LogP contribution >= 0.6 is 34.5 Å². The second kappa shape index (κ2) is 7.51. The summed E-state index contributed by atoms with van der Waals surface area (Å²) in [6.45, 7) is 2.59. The number of nitrogens with one attached hydrogen (secondary N) is 1. The number of aromatic nitrogens is 1. The maximum absolute atomic E-state index is 12.3. The first-order valence-electron chi connectivity index (χ1n) is 7.51. The van der Waals surface area contributed by atoms with Gasteiger partial charge < -0.3 is 10.2 Å². The fourth-order valence-electron chi connectivity index (χ4n) is 2.78. The summed E-state index contributed by atoms with van der Waals surface area (Å²) in [4.78, 5) is 18.9. The van der Waals surface area contributed by atoms with Gasteiger partial charge in [0.05, 0.1) is 10.6 Å². The Morgan fingerprint density at radius 3 is 3.04 bits per heavy atom. The molecule has 1 unspecified atom stereocenters. The van der Waals surface area contributed by atoms with Gasteiger partial charge in [-0.25, -0.2) is 4.98 Å². The second-order valence-electron chi connectivity index (χ2n) is 5.60. The molecule has 1 aliphatic heterocycles. The monoisotopic (exact) mass is 369 g/mol. The molecule has 0 spiro atoms. The number of hydrogen-bond acceptors (Lipinski definition) is 4. The normalized spacial score (nSPS) is 18.0. The van der Waals surface area contributed by atoms with E-state index in [1.54, 1.807) is 29.5 Å². The van der Waals surface area contributed by atoms with Crippen LogP contribution in [-0.4, -0.2) is 30.5 Å². The number of piperidine rings is 1. The predicted octanol–water partition coefficient (Wildman–Crippen LogP) is 4.10. The number of hydrogen-bond donors (Lipinski definition) is 1. The Labute approximate surface area is 149 Å². The molecular formula is C16H17Cl2N3OS. The second-order valence-corrected chi connectivity index (χ2v) is 7.32. The summed E-state index contributed by atoms with van der Waals surface area (Å²) >= 11 is 13.6. The third-order valence-corrected chi connectivity index (χ3v) is 5.32. The van der Waals surface area contributed by atoms with Crippen LogP contribution in [0.5, 0.6) is 0 Å². The standard InChI is InChI=1S/C16H17Cl2N3OS/c17-12-3-4-13(14(18)8-12)15(22)20-9-11-2-1-6-21(10-11)16-19-5-7-23-16/h3-5,7-8,11H,1-2,6,9-10H2,(H,20,22). The largest absolute Gasteiger partial charge is 0.352 e. The molecule has 0 radical (unpaired) electrons. The zero-order valence-electron chi connectivity index (χ0n) is 12.5. The van der Waals surface area contributed by atoms with Gasteiger partial charge >= 0.3 is 0 Å². The molecule has 0 bridgehead atoms. The molecule has 2 heterocycles. The van der Waals surface area contributed by atoms with E-state index in [-0.39, 0.29) is 5.91 Å². The number of benzene rings is 1. The summed E-state index contributed by atoms with van der Waals surface area (Å²) < 4.78 is 0. The molecule has 122 valence electrons. The van der Waals surface area contributed by atoms with Crippen molar-refractivity contribution in [2.45, 2.75) is 12.8 Å². The molecule has 1 saturated heterocycles. The predicted molar refractivity (Wildman–Crippen MR) is 95.8 cm³/mol. The van der Waals surface area contributed by atoms with E-state index >= 15 is 0 Å². The van der Waals surface area contributed by atoms with E-state index in [4.69, 9.17) is 23.2 Å². The minimum atomic E-state index is -0.155. The summed E-state index contributed by atoms with van der Waals surface area (Å²) in [5.41, 5.74) is 0.462. The Morgan fingerprint density at radius 1 is 1.43 bits per heavy atom. The van der Waals surface area contributed by atoms with Crippen molar-refractivity contribution >= 4 is 45.6 Å². The number of thiazole rings is 1. The van der Waals surface area contributed by atoms with Gasteiger partial charge in [-0.15, -0.1) is 11.3 Å². The van der Waals surface area contributed by atoms with Crippen LogP contribution in [0.1, 0.15) is 23.2 Å². The minimum Gasteiger partial charge on any atom is -0.352 e. The van der Waals surface area contributed by atoms with Crippen molar-refractivity contribution in [1.82, 2.24) is 10.3 Å². The van der Waals surface area contributed by atoms with Crippen molar-refractivity contribution in [3.05, 3.63) is 45.4 Å². The highest BCUT2D eigenvalue weighted by atomic mass is 35.5. The van der Waals surface area contributed by atoms with E-state index < -0.39 is 0 Å². The smallest absolute Gasteiger partial charge is 0.252 e. The van der Waals surface area contributed by atoms with Gasteiger partial charge in [0.1, 0.15) is 0 Å². The molecule has 23 heavy (non-hydrogen) atoms. The number of carbonyl (C=O) groups excluding carboxylic acids is 1. The van der Waals surface area contributed by atoms with Crippen molar-refractivity contribution in [1.29, 1.82) is 0 Å². The highest BCUT2D eigenvalue weighted by Crippen LogP contribution is 2.25. The van der Waals surface area contributed by atoms with Crippen molar-refractivity contribution < 1.29 is 4.79 Å². The molecule has 1 aromatic carbocycles. The molecular weight excluding hydrogens is 353 g/mol. The average molecular weight is 370 g/mol. The molecule has 1 fully saturated rings. The first-order chi connectivity index (χ1) is 11.1. The van der Waals surface area contributed by atoms with Crippen LogP contribution in [0.2, 0.25) is 10.0 Å². The van der Waals surface area contributed by atoms with Gasteiger partial charge in [-0.05, 0) is 37.0 Å². The Balaban J connectivity index is 1.56. The number of amides is 1. The van der Waals surface area contributed by atoms with Crippen LogP contribution in [0.4, 0.5) is 5.13 Å². The van der Waals surface area contributed by atoms with Crippen molar-refractivity contribution in [2.24, 2.45) is 5.92 Å². The summed E-state index contributed by atoms with van der Waals surface area (Å²) in [7, 11) is 0. The Hall–Kier alpha value is -1.30. The van der Waals surface area contributed by atoms with Gasteiger partial charge in [0, 0.05) is 36.2 Å². The fraction of sp³-hybridized carbons (Fsp3) is 0.375. The lowest BCUT2D eigenvalue weighted by Crippen LogP contribution is -2.41. The number of halogens is 2. The van der Waals surface area contributed by atoms with Crippen LogP contribution in [0.25, 0.3) is 0 Å². The van der Waals surface area contributed by atoms with E-state index in [9.17, 15) is 4.79 Å². The summed E-state index contributed by atoms with van der Waals surface area (Å²) in [6, 6.07) is 4.92. The highest BCUT2D eigenvalue weighted by Gasteiger charge is 2.22. The van der Waals surface area contributed by atoms with Gasteiger partial charge in [-0.3, -0.25) is 4.79 Å². The molecule has 1 amide bonds. The van der Waals surface area contributed by atoms with Crippen LogP contribution in [-0.2, 0) is 0 Å². The molecule has 0 aliphatic carbocycles. The molecule has 1 aromatic heterocycles. The van der Waals surface area contributed by atoms with Gasteiger partial charge in [-0.1, -0.05) is 23.2 Å². The summed E-state index contributed by atoms with van der Waals surface area (Å²) in [5, 5.41) is 6.93. The third-order valence-electron chi connectivity index (χ3n) is 3.94. The van der Waals surface area contributed by atoms with E-state index in [2.05, 4.69) is 15.2 Å². The van der Waals surface area contributed by atoms with E-state index in [0.29, 0.717) is 28.1 Å². The maximum Gasteiger partial charge on any atom is 0.252 e. The van der Waals surface area contributed by atoms with E-state index in [1.165, 1.54) is 0 Å².